The Balaban J connectivity index is 1.94. The molecule has 134 valence electrons. The summed E-state index contributed by atoms with van der Waals surface area (Å²) in [6, 6.07) is 10.5. The maximum absolute atomic E-state index is 13.2. The molecule has 0 spiro atoms. The van der Waals surface area contributed by atoms with Crippen LogP contribution in [0.2, 0.25) is 0 Å². The van der Waals surface area contributed by atoms with Gasteiger partial charge in [-0.2, -0.15) is 0 Å². The largest absolute Gasteiger partial charge is 0.494 e. The second-order valence-electron chi connectivity index (χ2n) is 5.79. The van der Waals surface area contributed by atoms with Crippen molar-refractivity contribution in [2.24, 2.45) is 0 Å². The number of ether oxygens (including phenoxy) is 1. The van der Waals surface area contributed by atoms with E-state index in [9.17, 15) is 13.6 Å². The molecule has 1 N–H and O–H groups in total. The van der Waals surface area contributed by atoms with Crippen molar-refractivity contribution in [3.63, 3.8) is 0 Å². The summed E-state index contributed by atoms with van der Waals surface area (Å²) in [6.07, 6.45) is 0. The first-order chi connectivity index (χ1) is 11.9. The fourth-order valence-corrected chi connectivity index (χ4v) is 2.30. The van der Waals surface area contributed by atoms with Gasteiger partial charge >= 0.3 is 0 Å². The molecular weight excluding hydrogens is 326 g/mol. The summed E-state index contributed by atoms with van der Waals surface area (Å²) in [5.41, 5.74) is 1.27. The van der Waals surface area contributed by atoms with E-state index in [0.717, 1.165) is 23.4 Å². The van der Waals surface area contributed by atoms with Crippen LogP contribution in [-0.2, 0) is 11.3 Å². The molecule has 0 saturated heterocycles. The number of likely N-dealkylation sites (N-methyl/N-ethyl adjacent to an activating group) is 1. The van der Waals surface area contributed by atoms with Gasteiger partial charge in [-0.05, 0) is 50.7 Å². The van der Waals surface area contributed by atoms with Crippen LogP contribution >= 0.6 is 0 Å². The predicted octanol–water partition coefficient (Wildman–Crippen LogP) is 3.82. The minimum Gasteiger partial charge on any atom is -0.494 e. The predicted molar refractivity (Wildman–Crippen MR) is 93.5 cm³/mol. The molecule has 0 fully saturated rings. The smallest absolute Gasteiger partial charge is 0.241 e. The highest BCUT2D eigenvalue weighted by Gasteiger charge is 2.18. The Morgan fingerprint density at radius 2 is 1.84 bits per heavy atom. The van der Waals surface area contributed by atoms with E-state index in [1.165, 1.54) is 6.07 Å². The van der Waals surface area contributed by atoms with E-state index in [2.05, 4.69) is 5.32 Å². The van der Waals surface area contributed by atoms with Crippen LogP contribution < -0.4 is 10.1 Å². The molecule has 0 aliphatic carbocycles. The van der Waals surface area contributed by atoms with Gasteiger partial charge in [-0.3, -0.25) is 9.69 Å². The zero-order valence-corrected chi connectivity index (χ0v) is 14.6. The van der Waals surface area contributed by atoms with E-state index >= 15 is 0 Å². The maximum Gasteiger partial charge on any atom is 0.241 e. The van der Waals surface area contributed by atoms with Crippen LogP contribution in [0.1, 0.15) is 19.4 Å². The lowest BCUT2D eigenvalue weighted by atomic mass is 10.1. The van der Waals surface area contributed by atoms with Crippen molar-refractivity contribution in [2.75, 3.05) is 19.0 Å². The molecule has 0 unspecified atom stereocenters. The van der Waals surface area contributed by atoms with E-state index < -0.39 is 17.7 Å². The normalized spacial score (nSPS) is 12.1. The molecule has 1 amide bonds. The lowest BCUT2D eigenvalue weighted by Crippen LogP contribution is -2.39. The fourth-order valence-electron chi connectivity index (χ4n) is 2.30. The van der Waals surface area contributed by atoms with Crippen LogP contribution in [0.3, 0.4) is 0 Å². The Bertz CT molecular complexity index is 720. The standard InChI is InChI=1S/C19H22F2N2O2/c1-4-25-16-8-5-14(6-9-16)12-23(3)13(2)19(24)22-15-7-10-17(20)18(21)11-15/h5-11,13H,4,12H2,1-3H3,(H,22,24)/t13-/m1/s1. The lowest BCUT2D eigenvalue weighted by molar-refractivity contribution is -0.120. The second-order valence-corrected chi connectivity index (χ2v) is 5.79. The maximum atomic E-state index is 13.2. The van der Waals surface area contributed by atoms with Crippen molar-refractivity contribution in [1.29, 1.82) is 0 Å². The monoisotopic (exact) mass is 348 g/mol. The summed E-state index contributed by atoms with van der Waals surface area (Å²) >= 11 is 0. The number of nitrogens with one attached hydrogen (secondary N) is 1. The number of anilines is 1. The van der Waals surface area contributed by atoms with Crippen molar-refractivity contribution in [1.82, 2.24) is 4.90 Å². The summed E-state index contributed by atoms with van der Waals surface area (Å²) < 4.78 is 31.6. The number of hydrogen-bond donors (Lipinski definition) is 1. The van der Waals surface area contributed by atoms with Crippen LogP contribution in [0, 0.1) is 11.6 Å². The zero-order valence-electron chi connectivity index (χ0n) is 14.6. The fraction of sp³-hybridized carbons (Fsp3) is 0.316. The molecule has 0 heterocycles. The number of benzene rings is 2. The Labute approximate surface area is 146 Å². The van der Waals surface area contributed by atoms with Crippen LogP contribution in [0.4, 0.5) is 14.5 Å². The first-order valence-electron chi connectivity index (χ1n) is 8.08. The second kappa shape index (κ2) is 8.58. The summed E-state index contributed by atoms with van der Waals surface area (Å²) in [5.74, 6) is -1.43. The number of nitrogens with zero attached hydrogens (tertiary/aromatic N) is 1. The molecule has 1 atom stereocenters. The highest BCUT2D eigenvalue weighted by Crippen LogP contribution is 2.16. The molecule has 0 aliphatic rings. The van der Waals surface area contributed by atoms with Gasteiger partial charge in [0.15, 0.2) is 11.6 Å². The molecule has 0 bridgehead atoms. The first-order valence-corrected chi connectivity index (χ1v) is 8.08. The highest BCUT2D eigenvalue weighted by atomic mass is 19.2. The van der Waals surface area contributed by atoms with Crippen molar-refractivity contribution >= 4 is 11.6 Å². The molecule has 2 aromatic carbocycles. The van der Waals surface area contributed by atoms with E-state index in [1.54, 1.807) is 6.92 Å². The Kier molecular flexibility index (Phi) is 6.47. The summed E-state index contributed by atoms with van der Waals surface area (Å²) in [6.45, 7) is 4.86. The quantitative estimate of drug-likeness (QED) is 0.827. The van der Waals surface area contributed by atoms with Crippen LogP contribution in [0.5, 0.6) is 5.75 Å². The van der Waals surface area contributed by atoms with E-state index in [0.29, 0.717) is 13.2 Å². The SMILES string of the molecule is CCOc1ccc(CN(C)[C@H](C)C(=O)Nc2ccc(F)c(F)c2)cc1. The van der Waals surface area contributed by atoms with Crippen LogP contribution in [0.25, 0.3) is 0 Å². The van der Waals surface area contributed by atoms with Gasteiger partial charge in [0.1, 0.15) is 5.75 Å². The summed E-state index contributed by atoms with van der Waals surface area (Å²) in [5, 5.41) is 2.60. The zero-order chi connectivity index (χ0) is 18.4. The number of amides is 1. The minimum atomic E-state index is -0.992. The Hall–Kier alpha value is -2.47. The number of hydrogen-bond acceptors (Lipinski definition) is 3. The van der Waals surface area contributed by atoms with Gasteiger partial charge in [0.2, 0.25) is 5.91 Å². The molecule has 0 aromatic heterocycles. The average Bonchev–Trinajstić information content (AvgIpc) is 2.59. The first kappa shape index (κ1) is 18.9. The molecular formula is C19H22F2N2O2. The van der Waals surface area contributed by atoms with Gasteiger partial charge in [-0.1, -0.05) is 12.1 Å². The van der Waals surface area contributed by atoms with Crippen molar-refractivity contribution in [3.05, 3.63) is 59.7 Å². The van der Waals surface area contributed by atoms with Crippen molar-refractivity contribution in [3.8, 4) is 5.75 Å². The molecule has 2 rings (SSSR count). The third-order valence-corrected chi connectivity index (χ3v) is 3.89. The van der Waals surface area contributed by atoms with Crippen molar-refractivity contribution in [2.45, 2.75) is 26.4 Å². The molecule has 0 radical (unpaired) electrons. The molecule has 25 heavy (non-hydrogen) atoms. The number of halogens is 2. The van der Waals surface area contributed by atoms with Gasteiger partial charge in [-0.25, -0.2) is 8.78 Å². The Morgan fingerprint density at radius 1 is 1.16 bits per heavy atom. The van der Waals surface area contributed by atoms with Crippen molar-refractivity contribution < 1.29 is 18.3 Å². The van der Waals surface area contributed by atoms with Gasteiger partial charge in [0.25, 0.3) is 0 Å². The summed E-state index contributed by atoms with van der Waals surface area (Å²) in [7, 11) is 1.83. The van der Waals surface area contributed by atoms with Gasteiger partial charge in [-0.15, -0.1) is 0 Å². The molecule has 4 nitrogen and oxygen atoms in total. The number of carbonyl (C=O) groups is 1. The van der Waals surface area contributed by atoms with E-state index in [1.807, 2.05) is 43.1 Å². The minimum absolute atomic E-state index is 0.227. The number of carbonyl (C=O) groups excluding carboxylic acids is 1. The Morgan fingerprint density at radius 3 is 2.44 bits per heavy atom. The third kappa shape index (κ3) is 5.26. The van der Waals surface area contributed by atoms with E-state index in [-0.39, 0.29) is 11.6 Å². The van der Waals surface area contributed by atoms with Crippen LogP contribution in [0.15, 0.2) is 42.5 Å². The third-order valence-electron chi connectivity index (χ3n) is 3.89. The topological polar surface area (TPSA) is 41.6 Å². The molecule has 6 heteroatoms. The van der Waals surface area contributed by atoms with Crippen LogP contribution in [-0.4, -0.2) is 30.5 Å². The molecule has 0 saturated carbocycles. The van der Waals surface area contributed by atoms with Gasteiger partial charge in [0.05, 0.1) is 12.6 Å². The highest BCUT2D eigenvalue weighted by molar-refractivity contribution is 5.94. The van der Waals surface area contributed by atoms with Gasteiger partial charge < -0.3 is 10.1 Å². The number of rotatable bonds is 7. The van der Waals surface area contributed by atoms with Gasteiger partial charge in [0, 0.05) is 18.3 Å². The average molecular weight is 348 g/mol. The lowest BCUT2D eigenvalue weighted by Gasteiger charge is -2.24. The summed E-state index contributed by atoms with van der Waals surface area (Å²) in [4.78, 5) is 14.2. The van der Waals surface area contributed by atoms with E-state index in [4.69, 9.17) is 4.74 Å². The molecule has 0 aliphatic heterocycles. The molecule has 2 aromatic rings.